The number of aromatic nitrogens is 1. The molecule has 0 saturated heterocycles. The van der Waals surface area contributed by atoms with Gasteiger partial charge < -0.3 is 9.64 Å². The lowest BCUT2D eigenvalue weighted by atomic mass is 9.96. The lowest BCUT2D eigenvalue weighted by Crippen LogP contribution is -2.41. The van der Waals surface area contributed by atoms with Gasteiger partial charge in [-0.2, -0.15) is 0 Å². The van der Waals surface area contributed by atoms with Crippen molar-refractivity contribution in [3.8, 4) is 0 Å². The number of methoxy groups -OCH3 is 1. The van der Waals surface area contributed by atoms with Crippen LogP contribution in [0, 0.1) is 0 Å². The van der Waals surface area contributed by atoms with Gasteiger partial charge in [0.2, 0.25) is 0 Å². The number of benzene rings is 2. The molecule has 5 rings (SSSR count). The molecule has 1 aromatic heterocycles. The summed E-state index contributed by atoms with van der Waals surface area (Å²) in [6.45, 7) is 4.35. The van der Waals surface area contributed by atoms with Crippen LogP contribution in [-0.2, 0) is 14.3 Å². The van der Waals surface area contributed by atoms with Gasteiger partial charge >= 0.3 is 5.97 Å². The van der Waals surface area contributed by atoms with E-state index in [1.54, 1.807) is 36.1 Å². The zero-order valence-electron chi connectivity index (χ0n) is 20.1. The molecule has 3 heterocycles. The summed E-state index contributed by atoms with van der Waals surface area (Å²) in [7, 11) is 1.29. The number of esters is 1. The number of fused-ring (bicyclic) bond motifs is 2. The van der Waals surface area contributed by atoms with Gasteiger partial charge in [0, 0.05) is 17.1 Å². The summed E-state index contributed by atoms with van der Waals surface area (Å²) in [6, 6.07) is 13.7. The summed E-state index contributed by atoms with van der Waals surface area (Å²) >= 11 is 7.70. The van der Waals surface area contributed by atoms with Gasteiger partial charge in [-0.15, -0.1) is 0 Å². The third kappa shape index (κ3) is 3.72. The van der Waals surface area contributed by atoms with E-state index in [-0.39, 0.29) is 11.5 Å². The van der Waals surface area contributed by atoms with E-state index in [1.807, 2.05) is 24.3 Å². The second kappa shape index (κ2) is 9.52. The topological polar surface area (TPSA) is 81.0 Å². The van der Waals surface area contributed by atoms with E-state index >= 15 is 0 Å². The van der Waals surface area contributed by atoms with Crippen LogP contribution < -0.4 is 19.8 Å². The minimum atomic E-state index is -0.834. The Hall–Kier alpha value is -3.49. The minimum absolute atomic E-state index is 0.201. The first-order valence-corrected chi connectivity index (χ1v) is 12.9. The van der Waals surface area contributed by atoms with Gasteiger partial charge in [0.1, 0.15) is 10.6 Å². The molecule has 0 radical (unpaired) electrons. The van der Waals surface area contributed by atoms with Crippen LogP contribution >= 0.6 is 22.9 Å². The number of ether oxygens (including phenoxy) is 1. The van der Waals surface area contributed by atoms with Gasteiger partial charge in [0.05, 0.1) is 29.6 Å². The number of thiazole rings is 1. The van der Waals surface area contributed by atoms with Gasteiger partial charge in [-0.25, -0.2) is 9.79 Å². The van der Waals surface area contributed by atoms with Crippen LogP contribution in [0.25, 0.3) is 5.57 Å². The molecule has 36 heavy (non-hydrogen) atoms. The fourth-order valence-corrected chi connectivity index (χ4v) is 6.15. The van der Waals surface area contributed by atoms with Crippen LogP contribution in [0.4, 0.5) is 5.69 Å². The van der Waals surface area contributed by atoms with Crippen molar-refractivity contribution in [2.45, 2.75) is 32.7 Å². The number of carbonyl (C=O) groups is 2. The second-order valence-corrected chi connectivity index (χ2v) is 10.0. The normalized spacial score (nSPS) is 18.2. The molecule has 1 amide bonds. The summed E-state index contributed by atoms with van der Waals surface area (Å²) in [4.78, 5) is 47.2. The molecule has 0 bridgehead atoms. The first-order valence-electron chi connectivity index (χ1n) is 11.7. The zero-order chi connectivity index (χ0) is 25.6. The molecule has 3 aromatic rings. The highest BCUT2D eigenvalue weighted by Crippen LogP contribution is 2.36. The van der Waals surface area contributed by atoms with Gasteiger partial charge in [-0.1, -0.05) is 72.7 Å². The van der Waals surface area contributed by atoms with Crippen LogP contribution in [0.3, 0.4) is 0 Å². The number of para-hydroxylation sites is 1. The third-order valence-electron chi connectivity index (χ3n) is 6.49. The summed E-state index contributed by atoms with van der Waals surface area (Å²) in [6.07, 6.45) is 1.79. The summed E-state index contributed by atoms with van der Waals surface area (Å²) in [5.41, 5.74) is 2.74. The maximum absolute atomic E-state index is 14.0. The minimum Gasteiger partial charge on any atom is -0.466 e. The van der Waals surface area contributed by atoms with E-state index in [2.05, 4.69) is 11.9 Å². The molecule has 2 aliphatic rings. The maximum atomic E-state index is 14.0. The van der Waals surface area contributed by atoms with Crippen molar-refractivity contribution >= 4 is 46.1 Å². The summed E-state index contributed by atoms with van der Waals surface area (Å²) in [5, 5.41) is 0.407. The Labute approximate surface area is 216 Å². The van der Waals surface area contributed by atoms with Crippen LogP contribution in [0.5, 0.6) is 0 Å². The van der Waals surface area contributed by atoms with Gasteiger partial charge in [-0.05, 0) is 31.0 Å². The Bertz CT molecular complexity index is 1620. The fraction of sp³-hybridized carbons (Fsp3) is 0.259. The molecule has 184 valence electrons. The van der Waals surface area contributed by atoms with Crippen LogP contribution in [0.1, 0.15) is 43.9 Å². The molecule has 0 N–H and O–H groups in total. The number of anilines is 1. The van der Waals surface area contributed by atoms with Crippen LogP contribution in [-0.4, -0.2) is 30.1 Å². The van der Waals surface area contributed by atoms with Crippen molar-refractivity contribution in [1.82, 2.24) is 4.57 Å². The number of carbonyl (C=O) groups excluding carboxylic acids is 2. The maximum Gasteiger partial charge on any atom is 0.338 e. The smallest absolute Gasteiger partial charge is 0.338 e. The van der Waals surface area contributed by atoms with Gasteiger partial charge in [0.15, 0.2) is 4.80 Å². The molecular weight excluding hydrogens is 498 g/mol. The largest absolute Gasteiger partial charge is 0.466 e. The monoisotopic (exact) mass is 521 g/mol. The number of amides is 1. The van der Waals surface area contributed by atoms with E-state index in [1.165, 1.54) is 11.7 Å². The third-order valence-corrected chi connectivity index (χ3v) is 7.89. The standard InChI is InChI=1S/C27H24ClN3O4S/c1-4-5-14-30-19-13-9-7-11-17(19)21(24(30)32)23-25(33)31-22(16-10-6-8-12-18(16)28)20(26(34)35-3)15(2)29-27(31)36-23/h6-13,22H,4-5,14H2,1-3H3/t22-/m1/s1. The lowest BCUT2D eigenvalue weighted by Gasteiger charge is -2.25. The van der Waals surface area contributed by atoms with Crippen molar-refractivity contribution in [3.63, 3.8) is 0 Å². The molecule has 0 fully saturated rings. The van der Waals surface area contributed by atoms with E-state index < -0.39 is 17.6 Å². The number of nitrogens with zero attached hydrogens (tertiary/aromatic N) is 3. The van der Waals surface area contributed by atoms with Crippen molar-refractivity contribution < 1.29 is 14.3 Å². The number of hydrogen-bond acceptors (Lipinski definition) is 6. The average molecular weight is 522 g/mol. The van der Waals surface area contributed by atoms with E-state index in [0.29, 0.717) is 37.7 Å². The summed E-state index contributed by atoms with van der Waals surface area (Å²) < 4.78 is 6.80. The fourth-order valence-electron chi connectivity index (χ4n) is 4.77. The van der Waals surface area contributed by atoms with Gasteiger partial charge in [-0.3, -0.25) is 14.2 Å². The Morgan fingerprint density at radius 1 is 1.14 bits per heavy atom. The predicted molar refractivity (Wildman–Crippen MR) is 140 cm³/mol. The molecule has 0 aliphatic carbocycles. The molecule has 9 heteroatoms. The Kier molecular flexibility index (Phi) is 6.40. The van der Waals surface area contributed by atoms with E-state index in [0.717, 1.165) is 35.4 Å². The number of hydrogen-bond donors (Lipinski definition) is 0. The number of allylic oxidation sites excluding steroid dienone is 1. The first-order chi connectivity index (χ1) is 17.4. The first kappa shape index (κ1) is 24.2. The van der Waals surface area contributed by atoms with E-state index in [4.69, 9.17) is 16.3 Å². The molecular formula is C27H24ClN3O4S. The number of rotatable bonds is 5. The SMILES string of the molecule is CCCCN1C(=O)C(=c2sc3n(c2=O)[C@H](c2ccccc2Cl)C(C(=O)OC)=C(C)N=3)c2ccccc21. The predicted octanol–water partition coefficient (Wildman–Crippen LogP) is 3.58. The summed E-state index contributed by atoms with van der Waals surface area (Å²) in [5.74, 6) is -0.791. The van der Waals surface area contributed by atoms with Crippen LogP contribution in [0.15, 0.2) is 69.6 Å². The van der Waals surface area contributed by atoms with Crippen molar-refractivity contribution in [2.75, 3.05) is 18.6 Å². The average Bonchev–Trinajstić information content (AvgIpc) is 3.34. The van der Waals surface area contributed by atoms with Crippen molar-refractivity contribution in [2.24, 2.45) is 4.99 Å². The highest BCUT2D eigenvalue weighted by molar-refractivity contribution is 7.07. The molecule has 0 spiro atoms. The molecule has 0 saturated carbocycles. The zero-order valence-corrected chi connectivity index (χ0v) is 21.7. The Morgan fingerprint density at radius 2 is 1.86 bits per heavy atom. The second-order valence-electron chi connectivity index (χ2n) is 8.62. The van der Waals surface area contributed by atoms with Gasteiger partial charge in [0.25, 0.3) is 11.5 Å². The number of halogens is 1. The van der Waals surface area contributed by atoms with Crippen LogP contribution in [0.2, 0.25) is 5.02 Å². The van der Waals surface area contributed by atoms with E-state index in [9.17, 15) is 14.4 Å². The molecule has 2 aliphatic heterocycles. The molecule has 1 atom stereocenters. The Balaban J connectivity index is 1.82. The molecule has 0 unspecified atom stereocenters. The van der Waals surface area contributed by atoms with Crippen molar-refractivity contribution in [1.29, 1.82) is 0 Å². The number of unbranched alkanes of at least 4 members (excludes halogenated alkanes) is 1. The quantitative estimate of drug-likeness (QED) is 0.481. The lowest BCUT2D eigenvalue weighted by molar-refractivity contribution is -0.136. The highest BCUT2D eigenvalue weighted by Gasteiger charge is 2.37. The Morgan fingerprint density at radius 3 is 2.58 bits per heavy atom. The van der Waals surface area contributed by atoms with Crippen molar-refractivity contribution in [3.05, 3.63) is 95.6 Å². The molecule has 7 nitrogen and oxygen atoms in total. The molecule has 2 aromatic carbocycles. The highest BCUT2D eigenvalue weighted by atomic mass is 35.5.